The zero-order valence-corrected chi connectivity index (χ0v) is 12.2. The van der Waals surface area contributed by atoms with Crippen molar-refractivity contribution < 1.29 is 18.0 Å². The lowest BCUT2D eigenvalue weighted by Gasteiger charge is -2.09. The van der Waals surface area contributed by atoms with Crippen LogP contribution in [0.3, 0.4) is 0 Å². The molecule has 0 aromatic heterocycles. The van der Waals surface area contributed by atoms with Crippen molar-refractivity contribution in [3.8, 4) is 0 Å². The first-order valence-corrected chi connectivity index (χ1v) is 7.77. The average molecular weight is 320 g/mol. The van der Waals surface area contributed by atoms with Crippen LogP contribution in [0, 0.1) is 0 Å². The largest absolute Gasteiger partial charge is 0.346 e. The van der Waals surface area contributed by atoms with Gasteiger partial charge in [-0.1, -0.05) is 11.6 Å². The summed E-state index contributed by atoms with van der Waals surface area (Å²) in [5.41, 5.74) is 5.23. The Balaban J connectivity index is 2.82. The summed E-state index contributed by atoms with van der Waals surface area (Å²) >= 11 is 5.86. The number of anilines is 1. The monoisotopic (exact) mass is 319 g/mol. The average Bonchev–Trinajstić information content (AvgIpc) is 2.37. The predicted molar refractivity (Wildman–Crippen MR) is 75.3 cm³/mol. The molecule has 9 heteroatoms. The Labute approximate surface area is 121 Å². The molecule has 0 saturated carbocycles. The van der Waals surface area contributed by atoms with Crippen molar-refractivity contribution in [3.05, 3.63) is 23.2 Å². The van der Waals surface area contributed by atoms with E-state index in [4.69, 9.17) is 17.3 Å². The number of sulfone groups is 1. The maximum atomic E-state index is 11.6. The van der Waals surface area contributed by atoms with Crippen molar-refractivity contribution in [2.24, 2.45) is 5.73 Å². The van der Waals surface area contributed by atoms with E-state index in [1.807, 2.05) is 0 Å². The molecule has 0 heterocycles. The lowest BCUT2D eigenvalue weighted by molar-refractivity contribution is -0.123. The van der Waals surface area contributed by atoms with Crippen LogP contribution in [0.5, 0.6) is 0 Å². The normalized spacial score (nSPS) is 10.9. The summed E-state index contributed by atoms with van der Waals surface area (Å²) in [6.45, 7) is -0.507. The van der Waals surface area contributed by atoms with E-state index in [0.717, 1.165) is 6.26 Å². The molecule has 0 aliphatic rings. The van der Waals surface area contributed by atoms with Gasteiger partial charge in [0.15, 0.2) is 9.84 Å². The van der Waals surface area contributed by atoms with Gasteiger partial charge < -0.3 is 16.4 Å². The van der Waals surface area contributed by atoms with Crippen LogP contribution >= 0.6 is 11.6 Å². The Bertz CT molecular complexity index is 631. The molecule has 0 atom stereocenters. The minimum absolute atomic E-state index is 0.0307. The van der Waals surface area contributed by atoms with Gasteiger partial charge in [0, 0.05) is 6.26 Å². The number of halogens is 1. The number of carbonyl (C=O) groups is 2. The quantitative estimate of drug-likeness (QED) is 0.692. The minimum atomic E-state index is -3.40. The Hall–Kier alpha value is -1.64. The van der Waals surface area contributed by atoms with Crippen molar-refractivity contribution in [1.82, 2.24) is 5.32 Å². The first kappa shape index (κ1) is 16.4. The third kappa shape index (κ3) is 4.80. The van der Waals surface area contributed by atoms with E-state index in [1.54, 1.807) is 0 Å². The number of nitrogens with two attached hydrogens (primary N) is 1. The van der Waals surface area contributed by atoms with Gasteiger partial charge in [0.05, 0.1) is 28.7 Å². The fourth-order valence-corrected chi connectivity index (χ4v) is 2.09. The predicted octanol–water partition coefficient (Wildman–Crippen LogP) is -0.243. The molecule has 0 spiro atoms. The molecule has 1 aromatic rings. The van der Waals surface area contributed by atoms with Crippen molar-refractivity contribution in [2.75, 3.05) is 24.7 Å². The van der Waals surface area contributed by atoms with Crippen LogP contribution in [0.25, 0.3) is 0 Å². The van der Waals surface area contributed by atoms with Crippen LogP contribution in [0.4, 0.5) is 5.69 Å². The topological polar surface area (TPSA) is 118 Å². The molecule has 0 radical (unpaired) electrons. The van der Waals surface area contributed by atoms with Gasteiger partial charge >= 0.3 is 0 Å². The van der Waals surface area contributed by atoms with Gasteiger partial charge in [0.2, 0.25) is 11.8 Å². The number of hydrogen-bond acceptors (Lipinski definition) is 5. The minimum Gasteiger partial charge on any atom is -0.346 e. The van der Waals surface area contributed by atoms with E-state index in [9.17, 15) is 18.0 Å². The van der Waals surface area contributed by atoms with E-state index in [-0.39, 0.29) is 28.7 Å². The molecule has 0 unspecified atom stereocenters. The number of amides is 2. The number of nitrogens with one attached hydrogen (secondary N) is 2. The fourth-order valence-electron chi connectivity index (χ4n) is 1.28. The summed E-state index contributed by atoms with van der Waals surface area (Å²) in [6, 6.07) is 3.95. The number of rotatable bonds is 5. The Morgan fingerprint density at radius 2 is 1.95 bits per heavy atom. The summed E-state index contributed by atoms with van der Waals surface area (Å²) in [5.74, 6) is -1.02. The summed E-state index contributed by atoms with van der Waals surface area (Å²) in [5, 5.41) is 4.88. The molecule has 0 saturated heterocycles. The summed E-state index contributed by atoms with van der Waals surface area (Å²) in [7, 11) is -3.40. The highest BCUT2D eigenvalue weighted by atomic mass is 35.5. The van der Waals surface area contributed by atoms with Gasteiger partial charge in [0.25, 0.3) is 0 Å². The number of benzene rings is 1. The van der Waals surface area contributed by atoms with Gasteiger partial charge in [-0.3, -0.25) is 9.59 Å². The highest BCUT2D eigenvalue weighted by Crippen LogP contribution is 2.25. The molecule has 110 valence electrons. The van der Waals surface area contributed by atoms with Crippen molar-refractivity contribution >= 4 is 38.9 Å². The highest BCUT2D eigenvalue weighted by Gasteiger charge is 2.12. The van der Waals surface area contributed by atoms with Gasteiger partial charge in [-0.15, -0.1) is 0 Å². The summed E-state index contributed by atoms with van der Waals surface area (Å²) < 4.78 is 22.8. The fraction of sp³-hybridized carbons (Fsp3) is 0.273. The summed E-state index contributed by atoms with van der Waals surface area (Å²) in [4.78, 5) is 22.5. The first-order chi connectivity index (χ1) is 9.24. The second kappa shape index (κ2) is 6.69. The van der Waals surface area contributed by atoms with E-state index in [1.165, 1.54) is 18.2 Å². The first-order valence-electron chi connectivity index (χ1n) is 5.50. The summed E-state index contributed by atoms with van der Waals surface area (Å²) in [6.07, 6.45) is 1.04. The molecule has 2 amide bonds. The lowest BCUT2D eigenvalue weighted by atomic mass is 10.3. The molecule has 0 fully saturated rings. The molecular weight excluding hydrogens is 306 g/mol. The molecular formula is C11H14ClN3O4S. The number of hydrogen-bond donors (Lipinski definition) is 3. The maximum Gasteiger partial charge on any atom is 0.243 e. The third-order valence-electron chi connectivity index (χ3n) is 2.27. The van der Waals surface area contributed by atoms with Crippen LogP contribution in [0.15, 0.2) is 23.1 Å². The second-order valence-corrected chi connectivity index (χ2v) is 6.37. The molecule has 1 rings (SSSR count). The van der Waals surface area contributed by atoms with Crippen LogP contribution < -0.4 is 16.4 Å². The van der Waals surface area contributed by atoms with Gasteiger partial charge in [0.1, 0.15) is 0 Å². The molecule has 0 bridgehead atoms. The number of carbonyl (C=O) groups excluding carboxylic acids is 2. The zero-order chi connectivity index (χ0) is 15.3. The van der Waals surface area contributed by atoms with E-state index < -0.39 is 21.7 Å². The smallest absolute Gasteiger partial charge is 0.243 e. The van der Waals surface area contributed by atoms with E-state index in [2.05, 4.69) is 10.6 Å². The van der Waals surface area contributed by atoms with Gasteiger partial charge in [-0.2, -0.15) is 0 Å². The SMILES string of the molecule is CS(=O)(=O)c1ccc(Cl)c(NC(=O)CNC(=O)CN)c1. The maximum absolute atomic E-state index is 11.6. The van der Waals surface area contributed by atoms with E-state index >= 15 is 0 Å². The molecule has 1 aromatic carbocycles. The lowest BCUT2D eigenvalue weighted by Crippen LogP contribution is -2.36. The zero-order valence-electron chi connectivity index (χ0n) is 10.6. The van der Waals surface area contributed by atoms with E-state index in [0.29, 0.717) is 0 Å². The third-order valence-corrected chi connectivity index (χ3v) is 3.71. The molecule has 4 N–H and O–H groups in total. The Kier molecular flexibility index (Phi) is 5.49. The van der Waals surface area contributed by atoms with Crippen LogP contribution in [-0.4, -0.2) is 39.6 Å². The molecule has 7 nitrogen and oxygen atoms in total. The highest BCUT2D eigenvalue weighted by molar-refractivity contribution is 7.90. The van der Waals surface area contributed by atoms with Gasteiger partial charge in [-0.05, 0) is 18.2 Å². The van der Waals surface area contributed by atoms with Crippen molar-refractivity contribution in [3.63, 3.8) is 0 Å². The van der Waals surface area contributed by atoms with Crippen LogP contribution in [0.1, 0.15) is 0 Å². The molecule has 20 heavy (non-hydrogen) atoms. The van der Waals surface area contributed by atoms with Gasteiger partial charge in [-0.25, -0.2) is 8.42 Å². The van der Waals surface area contributed by atoms with Crippen molar-refractivity contribution in [1.29, 1.82) is 0 Å². The van der Waals surface area contributed by atoms with Crippen LogP contribution in [0.2, 0.25) is 5.02 Å². The van der Waals surface area contributed by atoms with Crippen LogP contribution in [-0.2, 0) is 19.4 Å². The second-order valence-electron chi connectivity index (χ2n) is 3.94. The molecule has 0 aliphatic carbocycles. The Morgan fingerprint density at radius 1 is 1.30 bits per heavy atom. The van der Waals surface area contributed by atoms with Crippen molar-refractivity contribution in [2.45, 2.75) is 4.90 Å². The Morgan fingerprint density at radius 3 is 2.50 bits per heavy atom. The molecule has 0 aliphatic heterocycles. The standard InChI is InChI=1S/C11H14ClN3O4S/c1-20(18,19)7-2-3-8(12)9(4-7)15-11(17)6-14-10(16)5-13/h2-4H,5-6,13H2,1H3,(H,14,16)(H,15,17).